The predicted molar refractivity (Wildman–Crippen MR) is 89.6 cm³/mol. The minimum Gasteiger partial charge on any atom is -0.372 e. The number of pyridine rings is 2. The molecule has 1 aliphatic heterocycles. The molecule has 0 bridgehead atoms. The fourth-order valence-electron chi connectivity index (χ4n) is 2.93. The van der Waals surface area contributed by atoms with E-state index < -0.39 is 0 Å². The molecule has 6 heteroatoms. The molecule has 5 nitrogen and oxygen atoms in total. The number of fused-ring (bicyclic) bond motifs is 1. The van der Waals surface area contributed by atoms with Crippen LogP contribution in [0.5, 0.6) is 0 Å². The van der Waals surface area contributed by atoms with Gasteiger partial charge in [0.2, 0.25) is 5.91 Å². The van der Waals surface area contributed by atoms with Gasteiger partial charge in [-0.25, -0.2) is 9.97 Å². The fraction of sp³-hybridized carbons (Fsp3) is 0.471. The first-order chi connectivity index (χ1) is 11.2. The summed E-state index contributed by atoms with van der Waals surface area (Å²) in [6, 6.07) is 5.93. The third-order valence-electron chi connectivity index (χ3n) is 4.23. The first-order valence-corrected chi connectivity index (χ1v) is 8.33. The summed E-state index contributed by atoms with van der Waals surface area (Å²) in [7, 11) is 0. The smallest absolute Gasteiger partial charge is 0.248 e. The van der Waals surface area contributed by atoms with E-state index in [1.54, 1.807) is 6.20 Å². The van der Waals surface area contributed by atoms with Crippen LogP contribution in [0.3, 0.4) is 0 Å². The SMILES string of the molecule is CCOCC(=O)N1CCC(c2ccc3cc(Cl)cnc3n2)CC1. The van der Waals surface area contributed by atoms with Crippen LogP contribution in [0, 0.1) is 0 Å². The van der Waals surface area contributed by atoms with E-state index in [1.165, 1.54) is 0 Å². The van der Waals surface area contributed by atoms with Crippen molar-refractivity contribution in [2.75, 3.05) is 26.3 Å². The number of nitrogens with zero attached hydrogens (tertiary/aromatic N) is 3. The second-order valence-electron chi connectivity index (χ2n) is 5.73. The second-order valence-corrected chi connectivity index (χ2v) is 6.17. The standard InChI is InChI=1S/C17H20ClN3O2/c1-2-23-11-16(22)21-7-5-12(6-8-21)15-4-3-13-9-14(18)10-19-17(13)20-15/h3-4,9-10,12H,2,5-8,11H2,1H3. The van der Waals surface area contributed by atoms with Gasteiger partial charge in [-0.2, -0.15) is 0 Å². The van der Waals surface area contributed by atoms with E-state index in [0.717, 1.165) is 42.7 Å². The van der Waals surface area contributed by atoms with Crippen LogP contribution in [0.25, 0.3) is 11.0 Å². The Kier molecular flexibility index (Phi) is 5.08. The number of halogens is 1. The lowest BCUT2D eigenvalue weighted by atomic mass is 9.93. The summed E-state index contributed by atoms with van der Waals surface area (Å²) in [5.74, 6) is 0.445. The number of likely N-dealkylation sites (tertiary alicyclic amines) is 1. The summed E-state index contributed by atoms with van der Waals surface area (Å²) in [5.41, 5.74) is 1.77. The van der Waals surface area contributed by atoms with Gasteiger partial charge in [-0.3, -0.25) is 4.79 Å². The molecule has 0 N–H and O–H groups in total. The monoisotopic (exact) mass is 333 g/mol. The molecule has 1 saturated heterocycles. The first-order valence-electron chi connectivity index (χ1n) is 7.95. The molecule has 0 unspecified atom stereocenters. The van der Waals surface area contributed by atoms with Crippen molar-refractivity contribution in [1.82, 2.24) is 14.9 Å². The largest absolute Gasteiger partial charge is 0.372 e. The minimum absolute atomic E-state index is 0.0769. The van der Waals surface area contributed by atoms with Gasteiger partial charge in [-0.05, 0) is 38.0 Å². The van der Waals surface area contributed by atoms with Crippen molar-refractivity contribution in [3.05, 3.63) is 35.1 Å². The van der Waals surface area contributed by atoms with Gasteiger partial charge in [0.15, 0.2) is 5.65 Å². The number of piperidine rings is 1. The molecule has 1 amide bonds. The van der Waals surface area contributed by atoms with Crippen LogP contribution in [0.2, 0.25) is 5.02 Å². The van der Waals surface area contributed by atoms with Gasteiger partial charge >= 0.3 is 0 Å². The summed E-state index contributed by atoms with van der Waals surface area (Å²) >= 11 is 5.95. The van der Waals surface area contributed by atoms with Gasteiger partial charge in [0.25, 0.3) is 0 Å². The highest BCUT2D eigenvalue weighted by Gasteiger charge is 2.24. The van der Waals surface area contributed by atoms with E-state index >= 15 is 0 Å². The molecule has 2 aromatic heterocycles. The van der Waals surface area contributed by atoms with E-state index in [2.05, 4.69) is 9.97 Å². The third-order valence-corrected chi connectivity index (χ3v) is 4.43. The summed E-state index contributed by atoms with van der Waals surface area (Å²) in [5, 5.41) is 1.57. The summed E-state index contributed by atoms with van der Waals surface area (Å²) < 4.78 is 5.20. The first kappa shape index (κ1) is 16.1. The number of ether oxygens (including phenoxy) is 1. The highest BCUT2D eigenvalue weighted by molar-refractivity contribution is 6.31. The van der Waals surface area contributed by atoms with Crippen LogP contribution in [-0.4, -0.2) is 47.1 Å². The van der Waals surface area contributed by atoms with Crippen LogP contribution >= 0.6 is 11.6 Å². The van der Waals surface area contributed by atoms with Crippen LogP contribution in [0.4, 0.5) is 0 Å². The Bertz CT molecular complexity index is 699. The Labute approximate surface area is 140 Å². The number of carbonyl (C=O) groups excluding carboxylic acids is 1. The van der Waals surface area contributed by atoms with E-state index in [4.69, 9.17) is 16.3 Å². The van der Waals surface area contributed by atoms with Crippen LogP contribution in [0.15, 0.2) is 24.4 Å². The maximum atomic E-state index is 12.0. The number of hydrogen-bond acceptors (Lipinski definition) is 4. The molecule has 0 radical (unpaired) electrons. The number of carbonyl (C=O) groups is 1. The van der Waals surface area contributed by atoms with Crippen molar-refractivity contribution in [3.63, 3.8) is 0 Å². The molecule has 0 aliphatic carbocycles. The maximum Gasteiger partial charge on any atom is 0.248 e. The summed E-state index contributed by atoms with van der Waals surface area (Å²) in [6.45, 7) is 4.15. The molecule has 0 spiro atoms. The molecule has 0 atom stereocenters. The molecule has 2 aromatic rings. The van der Waals surface area contributed by atoms with Gasteiger partial charge in [0.05, 0.1) is 5.02 Å². The van der Waals surface area contributed by atoms with Gasteiger partial charge in [0.1, 0.15) is 6.61 Å². The van der Waals surface area contributed by atoms with E-state index in [0.29, 0.717) is 17.5 Å². The molecule has 0 saturated carbocycles. The number of aromatic nitrogens is 2. The summed E-state index contributed by atoms with van der Waals surface area (Å²) in [4.78, 5) is 22.8. The zero-order valence-corrected chi connectivity index (χ0v) is 13.9. The zero-order valence-electron chi connectivity index (χ0n) is 13.2. The van der Waals surface area contributed by atoms with E-state index in [-0.39, 0.29) is 12.5 Å². The topological polar surface area (TPSA) is 55.3 Å². The molecule has 122 valence electrons. The molecule has 0 aromatic carbocycles. The Morgan fingerprint density at radius 2 is 2.17 bits per heavy atom. The Morgan fingerprint density at radius 3 is 2.91 bits per heavy atom. The lowest BCUT2D eigenvalue weighted by Crippen LogP contribution is -2.40. The van der Waals surface area contributed by atoms with Crippen molar-refractivity contribution in [2.45, 2.75) is 25.7 Å². The van der Waals surface area contributed by atoms with E-state index in [9.17, 15) is 4.79 Å². The highest BCUT2D eigenvalue weighted by atomic mass is 35.5. The summed E-state index contributed by atoms with van der Waals surface area (Å²) in [6.07, 6.45) is 3.46. The molecule has 23 heavy (non-hydrogen) atoms. The highest BCUT2D eigenvalue weighted by Crippen LogP contribution is 2.28. The van der Waals surface area contributed by atoms with Crippen molar-refractivity contribution >= 4 is 28.5 Å². The lowest BCUT2D eigenvalue weighted by Gasteiger charge is -2.31. The fourth-order valence-corrected chi connectivity index (χ4v) is 3.10. The van der Waals surface area contributed by atoms with Crippen molar-refractivity contribution in [1.29, 1.82) is 0 Å². The normalized spacial score (nSPS) is 16.0. The average molecular weight is 334 g/mol. The van der Waals surface area contributed by atoms with Gasteiger partial charge in [-0.1, -0.05) is 11.6 Å². The number of amides is 1. The molecule has 1 fully saturated rings. The zero-order chi connectivity index (χ0) is 16.2. The Balaban J connectivity index is 1.65. The van der Waals surface area contributed by atoms with Crippen molar-refractivity contribution in [2.24, 2.45) is 0 Å². The van der Waals surface area contributed by atoms with Crippen molar-refractivity contribution < 1.29 is 9.53 Å². The average Bonchev–Trinajstić information content (AvgIpc) is 2.59. The van der Waals surface area contributed by atoms with Gasteiger partial charge in [-0.15, -0.1) is 0 Å². The quantitative estimate of drug-likeness (QED) is 0.863. The lowest BCUT2D eigenvalue weighted by molar-refractivity contribution is -0.137. The van der Waals surface area contributed by atoms with Crippen molar-refractivity contribution in [3.8, 4) is 0 Å². The third kappa shape index (κ3) is 3.79. The van der Waals surface area contributed by atoms with E-state index in [1.807, 2.05) is 30.0 Å². The molecular weight excluding hydrogens is 314 g/mol. The number of rotatable bonds is 4. The molecular formula is C17H20ClN3O2. The van der Waals surface area contributed by atoms with Crippen LogP contribution in [0.1, 0.15) is 31.4 Å². The Hall–Kier alpha value is -1.72. The predicted octanol–water partition coefficient (Wildman–Crippen LogP) is 3.03. The molecule has 1 aliphatic rings. The van der Waals surface area contributed by atoms with Crippen LogP contribution in [-0.2, 0) is 9.53 Å². The minimum atomic E-state index is 0.0769. The number of hydrogen-bond donors (Lipinski definition) is 0. The second kappa shape index (κ2) is 7.23. The maximum absolute atomic E-state index is 12.0. The molecule has 3 rings (SSSR count). The van der Waals surface area contributed by atoms with Crippen LogP contribution < -0.4 is 0 Å². The van der Waals surface area contributed by atoms with Gasteiger partial charge < -0.3 is 9.64 Å². The van der Waals surface area contributed by atoms with Gasteiger partial charge in [0, 0.05) is 42.9 Å². The molecule has 3 heterocycles. The Morgan fingerprint density at radius 1 is 1.39 bits per heavy atom.